The number of halogens is 1. The number of anilines is 2. The van der Waals surface area contributed by atoms with Gasteiger partial charge in [-0.25, -0.2) is 4.39 Å². The molecule has 4 rings (SSSR count). The molecule has 8 nitrogen and oxygen atoms in total. The van der Waals surface area contributed by atoms with Gasteiger partial charge >= 0.3 is 0 Å². The number of aromatic hydroxyl groups is 1. The summed E-state index contributed by atoms with van der Waals surface area (Å²) in [6.07, 6.45) is 0. The van der Waals surface area contributed by atoms with Crippen molar-refractivity contribution in [3.8, 4) is 33.9 Å². The van der Waals surface area contributed by atoms with Crippen molar-refractivity contribution in [3.05, 3.63) is 54.3 Å². The molecule has 178 valence electrons. The molecular formula is C25H28FN5O3. The molecule has 5 N–H and O–H groups in total. The summed E-state index contributed by atoms with van der Waals surface area (Å²) in [5, 5.41) is 16.9. The van der Waals surface area contributed by atoms with Crippen molar-refractivity contribution in [2.45, 2.75) is 6.92 Å². The third-order valence-corrected chi connectivity index (χ3v) is 5.53. The highest BCUT2D eigenvalue weighted by Gasteiger charge is 2.18. The third kappa shape index (κ3) is 5.27. The fourth-order valence-corrected chi connectivity index (χ4v) is 3.92. The van der Waals surface area contributed by atoms with E-state index >= 15 is 0 Å². The summed E-state index contributed by atoms with van der Waals surface area (Å²) < 4.78 is 20.3. The summed E-state index contributed by atoms with van der Waals surface area (Å²) in [6.45, 7) is 5.31. The molecule has 0 aliphatic carbocycles. The number of phenolic OH excluding ortho intramolecular Hbond substituents is 1. The van der Waals surface area contributed by atoms with Crippen LogP contribution in [0, 0.1) is 5.82 Å². The molecule has 0 spiro atoms. The molecule has 1 aromatic heterocycles. The minimum absolute atomic E-state index is 0.0106. The van der Waals surface area contributed by atoms with E-state index in [1.165, 1.54) is 19.1 Å². The lowest BCUT2D eigenvalue weighted by Crippen LogP contribution is -2.43. The summed E-state index contributed by atoms with van der Waals surface area (Å²) >= 11 is 0. The van der Waals surface area contributed by atoms with Gasteiger partial charge in [-0.3, -0.25) is 4.79 Å². The van der Waals surface area contributed by atoms with Crippen molar-refractivity contribution in [3.63, 3.8) is 0 Å². The highest BCUT2D eigenvalue weighted by Crippen LogP contribution is 2.40. The number of hydrogen-bond donors (Lipinski definition) is 4. The summed E-state index contributed by atoms with van der Waals surface area (Å²) in [5.41, 5.74) is 7.94. The smallest absolute Gasteiger partial charge is 0.221 e. The number of pyridine rings is 1. The first-order chi connectivity index (χ1) is 16.5. The van der Waals surface area contributed by atoms with Gasteiger partial charge in [-0.15, -0.1) is 0 Å². The lowest BCUT2D eigenvalue weighted by atomic mass is 9.97. The number of phenols is 1. The largest absolute Gasteiger partial charge is 0.507 e. The number of benzene rings is 2. The Kier molecular flexibility index (Phi) is 7.24. The zero-order valence-electron chi connectivity index (χ0n) is 19.0. The Bertz CT molecular complexity index is 1180. The maximum absolute atomic E-state index is 14.5. The molecule has 0 atom stereocenters. The number of para-hydroxylation sites is 1. The third-order valence-electron chi connectivity index (χ3n) is 5.53. The molecule has 1 fully saturated rings. The van der Waals surface area contributed by atoms with E-state index in [0.29, 0.717) is 35.7 Å². The van der Waals surface area contributed by atoms with Crippen LogP contribution >= 0.6 is 0 Å². The van der Waals surface area contributed by atoms with E-state index in [2.05, 4.69) is 20.5 Å². The van der Waals surface area contributed by atoms with Crippen LogP contribution in [0.2, 0.25) is 0 Å². The Morgan fingerprint density at radius 1 is 1.18 bits per heavy atom. The Morgan fingerprint density at radius 3 is 2.59 bits per heavy atom. The van der Waals surface area contributed by atoms with E-state index < -0.39 is 5.82 Å². The molecule has 0 saturated carbocycles. The second-order valence-electron chi connectivity index (χ2n) is 8.00. The summed E-state index contributed by atoms with van der Waals surface area (Å²) in [6, 6.07) is 13.4. The number of rotatable bonds is 7. The van der Waals surface area contributed by atoms with E-state index in [1.54, 1.807) is 30.3 Å². The van der Waals surface area contributed by atoms with Crippen LogP contribution in [0.1, 0.15) is 6.92 Å². The molecule has 9 heteroatoms. The second-order valence-corrected chi connectivity index (χ2v) is 8.00. The molecule has 0 unspecified atom stereocenters. The number of nitrogens with one attached hydrogen (secondary N) is 2. The minimum atomic E-state index is -0.583. The van der Waals surface area contributed by atoms with Crippen LogP contribution in [0.25, 0.3) is 22.3 Å². The normalized spacial score (nSPS) is 13.6. The van der Waals surface area contributed by atoms with Gasteiger partial charge in [0.15, 0.2) is 0 Å². The molecule has 0 radical (unpaired) electrons. The lowest BCUT2D eigenvalue weighted by molar-refractivity contribution is -0.114. The predicted molar refractivity (Wildman–Crippen MR) is 131 cm³/mol. The maximum Gasteiger partial charge on any atom is 0.221 e. The van der Waals surface area contributed by atoms with Gasteiger partial charge in [0, 0.05) is 56.8 Å². The molecule has 3 aromatic rings. The van der Waals surface area contributed by atoms with Gasteiger partial charge in [0.25, 0.3) is 0 Å². The molecule has 1 saturated heterocycles. The van der Waals surface area contributed by atoms with Crippen LogP contribution in [0.3, 0.4) is 0 Å². The van der Waals surface area contributed by atoms with E-state index in [9.17, 15) is 14.3 Å². The average Bonchev–Trinajstić information content (AvgIpc) is 2.84. The standard InChI is InChI=1S/C25H28FN5O3/c1-16(32)29-22-6-5-17(13-21(22)26)19-3-2-4-20(25(19)33)18-14-23(31-10-8-28-9-11-31)30-24(15-18)34-12-7-27/h2-6,13-15,28,33H,7-12,27H2,1H3,(H,29,32). The van der Waals surface area contributed by atoms with E-state index in [-0.39, 0.29) is 17.3 Å². The molecule has 34 heavy (non-hydrogen) atoms. The highest BCUT2D eigenvalue weighted by molar-refractivity contribution is 5.89. The summed E-state index contributed by atoms with van der Waals surface area (Å²) in [5.74, 6) is 0.243. The van der Waals surface area contributed by atoms with Gasteiger partial charge in [-0.1, -0.05) is 24.3 Å². The maximum atomic E-state index is 14.5. The Labute approximate surface area is 197 Å². The van der Waals surface area contributed by atoms with Crippen molar-refractivity contribution in [1.29, 1.82) is 0 Å². The quantitative estimate of drug-likeness (QED) is 0.424. The fraction of sp³-hybridized carbons (Fsp3) is 0.280. The van der Waals surface area contributed by atoms with Crippen LogP contribution < -0.4 is 26.0 Å². The Morgan fingerprint density at radius 2 is 1.91 bits per heavy atom. The van der Waals surface area contributed by atoms with Gasteiger partial charge in [-0.2, -0.15) is 4.98 Å². The van der Waals surface area contributed by atoms with Gasteiger partial charge in [0.2, 0.25) is 11.8 Å². The van der Waals surface area contributed by atoms with E-state index in [0.717, 1.165) is 37.6 Å². The molecule has 1 aliphatic heterocycles. The first kappa shape index (κ1) is 23.5. The number of hydrogen-bond acceptors (Lipinski definition) is 7. The number of ether oxygens (including phenoxy) is 1. The van der Waals surface area contributed by atoms with Crippen molar-refractivity contribution in [1.82, 2.24) is 10.3 Å². The topological polar surface area (TPSA) is 113 Å². The molecular weight excluding hydrogens is 437 g/mol. The average molecular weight is 466 g/mol. The highest BCUT2D eigenvalue weighted by atomic mass is 19.1. The zero-order chi connectivity index (χ0) is 24.1. The number of carbonyl (C=O) groups excluding carboxylic acids is 1. The van der Waals surface area contributed by atoms with Gasteiger partial charge in [0.05, 0.1) is 5.69 Å². The first-order valence-corrected chi connectivity index (χ1v) is 11.2. The fourth-order valence-electron chi connectivity index (χ4n) is 3.92. The Balaban J connectivity index is 1.74. The van der Waals surface area contributed by atoms with Crippen LogP contribution in [-0.2, 0) is 4.79 Å². The molecule has 1 amide bonds. The number of piperazine rings is 1. The van der Waals surface area contributed by atoms with Gasteiger partial charge < -0.3 is 31.1 Å². The SMILES string of the molecule is CC(=O)Nc1ccc(-c2cccc(-c3cc(OCCN)nc(N4CCNCC4)c3)c2O)cc1F. The molecule has 2 heterocycles. The minimum Gasteiger partial charge on any atom is -0.507 e. The predicted octanol–water partition coefficient (Wildman–Crippen LogP) is 2.97. The number of amides is 1. The van der Waals surface area contributed by atoms with Crippen LogP contribution in [-0.4, -0.2) is 55.3 Å². The van der Waals surface area contributed by atoms with Gasteiger partial charge in [-0.05, 0) is 29.3 Å². The van der Waals surface area contributed by atoms with Crippen molar-refractivity contribution >= 4 is 17.4 Å². The summed E-state index contributed by atoms with van der Waals surface area (Å²) in [7, 11) is 0. The molecule has 1 aliphatic rings. The molecule has 2 aromatic carbocycles. The van der Waals surface area contributed by atoms with Crippen molar-refractivity contribution in [2.24, 2.45) is 5.73 Å². The second kappa shape index (κ2) is 10.5. The number of nitrogens with zero attached hydrogens (tertiary/aromatic N) is 2. The van der Waals surface area contributed by atoms with E-state index in [1.807, 2.05) is 6.07 Å². The number of aromatic nitrogens is 1. The lowest BCUT2D eigenvalue weighted by Gasteiger charge is -2.29. The monoisotopic (exact) mass is 465 g/mol. The van der Waals surface area contributed by atoms with Crippen LogP contribution in [0.5, 0.6) is 11.6 Å². The number of carbonyl (C=O) groups is 1. The van der Waals surface area contributed by atoms with Crippen LogP contribution in [0.4, 0.5) is 15.9 Å². The summed E-state index contributed by atoms with van der Waals surface area (Å²) in [4.78, 5) is 18.1. The molecule has 0 bridgehead atoms. The first-order valence-electron chi connectivity index (χ1n) is 11.2. The van der Waals surface area contributed by atoms with E-state index in [4.69, 9.17) is 10.5 Å². The van der Waals surface area contributed by atoms with Crippen molar-refractivity contribution in [2.75, 3.05) is 49.5 Å². The van der Waals surface area contributed by atoms with Crippen molar-refractivity contribution < 1.29 is 19.0 Å². The number of nitrogens with two attached hydrogens (primary N) is 1. The van der Waals surface area contributed by atoms with Gasteiger partial charge in [0.1, 0.15) is 24.0 Å². The Hall–Kier alpha value is -3.69. The van der Waals surface area contributed by atoms with Crippen LogP contribution in [0.15, 0.2) is 48.5 Å². The zero-order valence-corrected chi connectivity index (χ0v) is 19.0.